The van der Waals surface area contributed by atoms with E-state index in [9.17, 15) is 0 Å². The van der Waals surface area contributed by atoms with Gasteiger partial charge in [-0.15, -0.1) is 0 Å². The number of nitrogens with zero attached hydrogens (tertiary/aromatic N) is 1. The first kappa shape index (κ1) is 18.4. The van der Waals surface area contributed by atoms with E-state index in [0.717, 1.165) is 27.7 Å². The number of furan rings is 2. The molecule has 5 nitrogen and oxygen atoms in total. The van der Waals surface area contributed by atoms with Gasteiger partial charge in [-0.25, -0.2) is 0 Å². The third-order valence-electron chi connectivity index (χ3n) is 4.13. The molecule has 0 bridgehead atoms. The van der Waals surface area contributed by atoms with E-state index in [2.05, 4.69) is 5.73 Å². The zero-order valence-corrected chi connectivity index (χ0v) is 15.5. The van der Waals surface area contributed by atoms with Crippen LogP contribution in [0.4, 0.5) is 0 Å². The van der Waals surface area contributed by atoms with E-state index in [1.807, 2.05) is 78.9 Å². The van der Waals surface area contributed by atoms with Crippen LogP contribution in [0.2, 0.25) is 0 Å². The van der Waals surface area contributed by atoms with Gasteiger partial charge in [-0.1, -0.05) is 48.2 Å². The molecule has 0 aliphatic rings. The van der Waals surface area contributed by atoms with Crippen molar-refractivity contribution in [3.63, 3.8) is 0 Å². The molecule has 0 saturated carbocycles. The van der Waals surface area contributed by atoms with Crippen molar-refractivity contribution in [1.82, 2.24) is 0 Å². The summed E-state index contributed by atoms with van der Waals surface area (Å²) in [5.41, 5.74) is 4.36. The molecular formula is C24H17NO4. The van der Waals surface area contributed by atoms with Crippen LogP contribution in [0.15, 0.2) is 87.1 Å². The summed E-state index contributed by atoms with van der Waals surface area (Å²) in [6.07, 6.45) is 5.94. The summed E-state index contributed by atoms with van der Waals surface area (Å²) in [4.78, 5) is 10.1. The molecule has 4 aromatic rings. The Morgan fingerprint density at radius 2 is 1.59 bits per heavy atom. The Labute approximate surface area is 167 Å². The number of fused-ring (bicyclic) bond motifs is 2. The van der Waals surface area contributed by atoms with Gasteiger partial charge < -0.3 is 13.7 Å². The SMILES string of the molecule is N#CC(=C=Cc1cc2ccccc2o1)OOCCC=Cc1cc2ccccc2o1. The third-order valence-corrected chi connectivity index (χ3v) is 4.13. The summed E-state index contributed by atoms with van der Waals surface area (Å²) < 4.78 is 11.3. The molecule has 4 rings (SSSR count). The molecule has 2 aromatic heterocycles. The van der Waals surface area contributed by atoms with Crippen LogP contribution < -0.4 is 0 Å². The minimum absolute atomic E-state index is 0.0771. The highest BCUT2D eigenvalue weighted by Crippen LogP contribution is 2.20. The van der Waals surface area contributed by atoms with E-state index in [0.29, 0.717) is 12.2 Å². The van der Waals surface area contributed by atoms with Gasteiger partial charge >= 0.3 is 0 Å². The maximum absolute atomic E-state index is 9.13. The molecule has 0 aliphatic carbocycles. The molecule has 0 spiro atoms. The summed E-state index contributed by atoms with van der Waals surface area (Å²) in [6, 6.07) is 21.2. The summed E-state index contributed by atoms with van der Waals surface area (Å²) in [5.74, 6) is 1.28. The molecule has 0 N–H and O–H groups in total. The van der Waals surface area contributed by atoms with Crippen LogP contribution in [-0.4, -0.2) is 6.61 Å². The monoisotopic (exact) mass is 383 g/mol. The maximum atomic E-state index is 9.13. The lowest BCUT2D eigenvalue weighted by Gasteiger charge is -1.98. The quantitative estimate of drug-likeness (QED) is 0.0942. The van der Waals surface area contributed by atoms with Crippen LogP contribution in [0.25, 0.3) is 34.1 Å². The molecule has 29 heavy (non-hydrogen) atoms. The number of benzene rings is 2. The van der Waals surface area contributed by atoms with Crippen LogP contribution in [-0.2, 0) is 9.78 Å². The largest absolute Gasteiger partial charge is 0.457 e. The van der Waals surface area contributed by atoms with Gasteiger partial charge in [0, 0.05) is 16.8 Å². The van der Waals surface area contributed by atoms with Crippen molar-refractivity contribution in [3.8, 4) is 6.07 Å². The van der Waals surface area contributed by atoms with E-state index in [1.165, 1.54) is 0 Å². The second-order valence-electron chi connectivity index (χ2n) is 6.20. The lowest BCUT2D eigenvalue weighted by atomic mass is 10.2. The van der Waals surface area contributed by atoms with Gasteiger partial charge in [0.15, 0.2) is 6.07 Å². The summed E-state index contributed by atoms with van der Waals surface area (Å²) in [7, 11) is 0. The first-order valence-electron chi connectivity index (χ1n) is 9.12. The number of allylic oxidation sites excluding steroid dienone is 1. The van der Waals surface area contributed by atoms with Gasteiger partial charge in [0.25, 0.3) is 5.76 Å². The molecule has 0 saturated heterocycles. The minimum Gasteiger partial charge on any atom is -0.457 e. The average molecular weight is 383 g/mol. The Kier molecular flexibility index (Phi) is 5.59. The zero-order valence-electron chi connectivity index (χ0n) is 15.5. The topological polar surface area (TPSA) is 68.5 Å². The minimum atomic E-state index is -0.0771. The Hall–Kier alpha value is -3.97. The predicted octanol–water partition coefficient (Wildman–Crippen LogP) is 6.25. The maximum Gasteiger partial charge on any atom is 0.284 e. The summed E-state index contributed by atoms with van der Waals surface area (Å²) >= 11 is 0. The summed E-state index contributed by atoms with van der Waals surface area (Å²) in [6.45, 7) is 0.286. The molecule has 2 heterocycles. The van der Waals surface area contributed by atoms with Crippen LogP contribution in [0.1, 0.15) is 17.9 Å². The van der Waals surface area contributed by atoms with Crippen molar-refractivity contribution >= 4 is 34.1 Å². The molecule has 5 heteroatoms. The van der Waals surface area contributed by atoms with E-state index < -0.39 is 0 Å². The van der Waals surface area contributed by atoms with E-state index in [-0.39, 0.29) is 12.4 Å². The van der Waals surface area contributed by atoms with E-state index in [1.54, 1.807) is 6.08 Å². The van der Waals surface area contributed by atoms with Crippen molar-refractivity contribution in [1.29, 1.82) is 5.26 Å². The van der Waals surface area contributed by atoms with Crippen molar-refractivity contribution in [2.75, 3.05) is 6.61 Å². The third kappa shape index (κ3) is 4.66. The lowest BCUT2D eigenvalue weighted by Crippen LogP contribution is -1.94. The van der Waals surface area contributed by atoms with Gasteiger partial charge in [-0.2, -0.15) is 10.1 Å². The predicted molar refractivity (Wildman–Crippen MR) is 110 cm³/mol. The second-order valence-corrected chi connectivity index (χ2v) is 6.20. The van der Waals surface area contributed by atoms with E-state index in [4.69, 9.17) is 23.9 Å². The van der Waals surface area contributed by atoms with Gasteiger partial charge in [0.1, 0.15) is 22.7 Å². The Morgan fingerprint density at radius 3 is 2.28 bits per heavy atom. The first-order chi connectivity index (χ1) is 14.3. The molecular weight excluding hydrogens is 366 g/mol. The highest BCUT2D eigenvalue weighted by Gasteiger charge is 2.01. The molecule has 0 unspecified atom stereocenters. The fourth-order valence-corrected chi connectivity index (χ4v) is 2.79. The lowest BCUT2D eigenvalue weighted by molar-refractivity contribution is -0.255. The second kappa shape index (κ2) is 8.81. The molecule has 0 atom stereocenters. The van der Waals surface area contributed by atoms with Gasteiger partial charge in [0.05, 0.1) is 6.61 Å². The Morgan fingerprint density at radius 1 is 0.931 bits per heavy atom. The van der Waals surface area contributed by atoms with E-state index >= 15 is 0 Å². The van der Waals surface area contributed by atoms with Gasteiger partial charge in [-0.05, 0) is 36.8 Å². The number of nitriles is 1. The van der Waals surface area contributed by atoms with Crippen molar-refractivity contribution in [2.45, 2.75) is 6.42 Å². The highest BCUT2D eigenvalue weighted by molar-refractivity contribution is 5.80. The molecule has 2 aromatic carbocycles. The average Bonchev–Trinajstić information content (AvgIpc) is 3.35. The normalized spacial score (nSPS) is 10.9. The Balaban J connectivity index is 1.28. The van der Waals surface area contributed by atoms with Crippen LogP contribution in [0, 0.1) is 11.3 Å². The Bertz CT molecular complexity index is 1200. The molecule has 0 radical (unpaired) electrons. The van der Waals surface area contributed by atoms with Crippen LogP contribution in [0.5, 0.6) is 0 Å². The fraction of sp³-hybridized carbons (Fsp3) is 0.0833. The van der Waals surface area contributed by atoms with Crippen molar-refractivity contribution < 1.29 is 18.6 Å². The standard InChI is InChI=1S/C24H17NO4/c25-17-22(13-12-21-16-19-8-2-4-11-24(19)28-21)29-26-14-6-5-9-20-15-18-7-1-3-10-23(18)27-20/h1-5,7-12,15-16H,6,14H2. The van der Waals surface area contributed by atoms with Crippen molar-refractivity contribution in [2.24, 2.45) is 0 Å². The smallest absolute Gasteiger partial charge is 0.284 e. The fourth-order valence-electron chi connectivity index (χ4n) is 2.79. The number of hydrogen-bond acceptors (Lipinski definition) is 5. The summed E-state index contributed by atoms with van der Waals surface area (Å²) in [5, 5.41) is 11.2. The zero-order chi connectivity index (χ0) is 19.9. The molecule has 142 valence electrons. The van der Waals surface area contributed by atoms with Gasteiger partial charge in [0.2, 0.25) is 0 Å². The molecule has 0 aliphatic heterocycles. The van der Waals surface area contributed by atoms with Crippen LogP contribution in [0.3, 0.4) is 0 Å². The molecule has 0 amide bonds. The number of rotatable bonds is 7. The highest BCUT2D eigenvalue weighted by atomic mass is 17.2. The molecule has 0 fully saturated rings. The van der Waals surface area contributed by atoms with Crippen LogP contribution >= 0.6 is 0 Å². The number of para-hydroxylation sites is 2. The van der Waals surface area contributed by atoms with Crippen molar-refractivity contribution in [3.05, 3.63) is 89.8 Å². The van der Waals surface area contributed by atoms with Gasteiger partial charge in [-0.3, -0.25) is 0 Å². The number of hydrogen-bond donors (Lipinski definition) is 0. The first-order valence-corrected chi connectivity index (χ1v) is 9.12.